The molecule has 0 bridgehead atoms. The van der Waals surface area contributed by atoms with Crippen molar-refractivity contribution < 1.29 is 16.8 Å². The summed E-state index contributed by atoms with van der Waals surface area (Å²) in [5.74, 6) is -0.364. The lowest BCUT2D eigenvalue weighted by atomic mass is 10.0. The number of hydrogen-bond acceptors (Lipinski definition) is 5. The second-order valence-corrected chi connectivity index (χ2v) is 9.91. The second-order valence-electron chi connectivity index (χ2n) is 5.61. The molecule has 0 aromatic rings. The summed E-state index contributed by atoms with van der Waals surface area (Å²) in [4.78, 5) is 0. The van der Waals surface area contributed by atoms with Gasteiger partial charge in [0.05, 0.1) is 22.6 Å². The highest BCUT2D eigenvalue weighted by molar-refractivity contribution is 7.92. The molecule has 0 amide bonds. The lowest BCUT2D eigenvalue weighted by Crippen LogP contribution is -2.47. The molecule has 0 radical (unpaired) electrons. The van der Waals surface area contributed by atoms with Gasteiger partial charge in [0.25, 0.3) is 0 Å². The number of sulfonamides is 1. The van der Waals surface area contributed by atoms with Crippen LogP contribution >= 0.6 is 0 Å². The van der Waals surface area contributed by atoms with Gasteiger partial charge in [-0.15, -0.1) is 0 Å². The first-order chi connectivity index (χ1) is 9.21. The number of sulfone groups is 1. The van der Waals surface area contributed by atoms with Crippen LogP contribution in [0.25, 0.3) is 0 Å². The average molecular weight is 323 g/mol. The van der Waals surface area contributed by atoms with E-state index in [-0.39, 0.29) is 42.1 Å². The second kappa shape index (κ2) is 5.61. The maximum Gasteiger partial charge on any atom is 0.214 e. The van der Waals surface area contributed by atoms with E-state index in [1.54, 1.807) is 0 Å². The summed E-state index contributed by atoms with van der Waals surface area (Å²) in [5.41, 5.74) is 5.49. The van der Waals surface area contributed by atoms with Crippen molar-refractivity contribution in [2.45, 2.75) is 43.4 Å². The van der Waals surface area contributed by atoms with E-state index in [4.69, 9.17) is 11.1 Å². The molecule has 116 valence electrons. The van der Waals surface area contributed by atoms with Crippen molar-refractivity contribution in [3.05, 3.63) is 0 Å². The van der Waals surface area contributed by atoms with Crippen molar-refractivity contribution in [2.75, 3.05) is 11.5 Å². The van der Waals surface area contributed by atoms with E-state index < -0.39 is 25.1 Å². The molecule has 4 N–H and O–H groups in total. The summed E-state index contributed by atoms with van der Waals surface area (Å²) in [6.07, 6.45) is 2.54. The quantitative estimate of drug-likeness (QED) is 0.478. The third-order valence-corrected chi connectivity index (χ3v) is 7.87. The van der Waals surface area contributed by atoms with E-state index in [2.05, 4.69) is 4.72 Å². The molecule has 1 aliphatic heterocycles. The number of hydrogen-bond donors (Lipinski definition) is 3. The smallest absolute Gasteiger partial charge is 0.214 e. The molecule has 9 heteroatoms. The Hall–Kier alpha value is -0.670. The standard InChI is InChI=1S/C11H21N3O4S2/c12-11(13)9-2-1-3-10(9)14-20(17,18)8-4-6-19(15,16)7-5-8/h8-10,14H,1-7H2,(H3,12,13). The van der Waals surface area contributed by atoms with Crippen LogP contribution in [0, 0.1) is 11.3 Å². The molecule has 2 rings (SSSR count). The SMILES string of the molecule is N=C(N)C1CCCC1NS(=O)(=O)C1CCS(=O)(=O)CC1. The van der Waals surface area contributed by atoms with Crippen molar-refractivity contribution in [1.29, 1.82) is 5.41 Å². The maximum absolute atomic E-state index is 12.3. The van der Waals surface area contributed by atoms with Gasteiger partial charge in [-0.1, -0.05) is 6.42 Å². The number of nitrogens with two attached hydrogens (primary N) is 1. The van der Waals surface area contributed by atoms with Crippen LogP contribution in [0.15, 0.2) is 0 Å². The van der Waals surface area contributed by atoms with Crippen LogP contribution in [-0.2, 0) is 19.9 Å². The highest BCUT2D eigenvalue weighted by atomic mass is 32.2. The van der Waals surface area contributed by atoms with Crippen molar-refractivity contribution in [1.82, 2.24) is 4.72 Å². The monoisotopic (exact) mass is 323 g/mol. The summed E-state index contributed by atoms with van der Waals surface area (Å²) in [7, 11) is -6.62. The fourth-order valence-corrected chi connectivity index (χ4v) is 6.50. The molecule has 20 heavy (non-hydrogen) atoms. The predicted octanol–water partition coefficient (Wildman–Crippen LogP) is -0.412. The molecule has 2 fully saturated rings. The Labute approximate surface area is 119 Å². The van der Waals surface area contributed by atoms with Gasteiger partial charge in [0.15, 0.2) is 0 Å². The van der Waals surface area contributed by atoms with E-state index in [0.29, 0.717) is 6.42 Å². The Bertz CT molecular complexity index is 571. The minimum atomic E-state index is -3.55. The maximum atomic E-state index is 12.3. The largest absolute Gasteiger partial charge is 0.387 e. The van der Waals surface area contributed by atoms with Crippen LogP contribution in [0.1, 0.15) is 32.1 Å². The van der Waals surface area contributed by atoms with E-state index in [1.165, 1.54) is 0 Å². The first kappa shape index (κ1) is 15.7. The van der Waals surface area contributed by atoms with Gasteiger partial charge >= 0.3 is 0 Å². The van der Waals surface area contributed by atoms with E-state index in [9.17, 15) is 16.8 Å². The number of amidine groups is 1. The molecule has 1 saturated carbocycles. The summed E-state index contributed by atoms with van der Waals surface area (Å²) < 4.78 is 49.9. The van der Waals surface area contributed by atoms with Crippen LogP contribution in [0.3, 0.4) is 0 Å². The van der Waals surface area contributed by atoms with Gasteiger partial charge in [-0.3, -0.25) is 5.41 Å². The molecule has 2 aliphatic rings. The Morgan fingerprint density at radius 2 is 1.75 bits per heavy atom. The third kappa shape index (κ3) is 3.50. The Balaban J connectivity index is 2.03. The Morgan fingerprint density at radius 3 is 2.30 bits per heavy atom. The third-order valence-electron chi connectivity index (χ3n) is 4.17. The minimum absolute atomic E-state index is 0.0152. The Morgan fingerprint density at radius 1 is 1.15 bits per heavy atom. The average Bonchev–Trinajstić information content (AvgIpc) is 2.75. The van der Waals surface area contributed by atoms with Gasteiger partial charge in [0.1, 0.15) is 9.84 Å². The number of nitrogens with one attached hydrogen (secondary N) is 2. The fourth-order valence-electron chi connectivity index (χ4n) is 2.96. The van der Waals surface area contributed by atoms with Gasteiger partial charge in [0.2, 0.25) is 10.0 Å². The van der Waals surface area contributed by atoms with E-state index in [0.717, 1.165) is 12.8 Å². The normalized spacial score (nSPS) is 31.2. The van der Waals surface area contributed by atoms with Crippen LogP contribution in [-0.4, -0.2) is 45.5 Å². The molecular weight excluding hydrogens is 302 g/mol. The molecular formula is C11H21N3O4S2. The van der Waals surface area contributed by atoms with Crippen molar-refractivity contribution in [3.63, 3.8) is 0 Å². The van der Waals surface area contributed by atoms with Gasteiger partial charge < -0.3 is 5.73 Å². The zero-order valence-corrected chi connectivity index (χ0v) is 12.8. The van der Waals surface area contributed by atoms with Gasteiger partial charge in [-0.2, -0.15) is 0 Å². The molecule has 7 nitrogen and oxygen atoms in total. The molecule has 0 spiro atoms. The molecule has 2 atom stereocenters. The summed E-state index contributed by atoms with van der Waals surface area (Å²) in [6.45, 7) is 0. The summed E-state index contributed by atoms with van der Waals surface area (Å²) in [6, 6.07) is -0.323. The van der Waals surface area contributed by atoms with Crippen LogP contribution in [0.4, 0.5) is 0 Å². The van der Waals surface area contributed by atoms with Gasteiger partial charge in [-0.25, -0.2) is 21.6 Å². The van der Waals surface area contributed by atoms with Crippen molar-refractivity contribution in [3.8, 4) is 0 Å². The van der Waals surface area contributed by atoms with Gasteiger partial charge in [0, 0.05) is 12.0 Å². The van der Waals surface area contributed by atoms with Crippen molar-refractivity contribution >= 4 is 25.7 Å². The summed E-state index contributed by atoms with van der Waals surface area (Å²) in [5, 5.41) is 6.84. The zero-order chi connectivity index (χ0) is 15.0. The van der Waals surface area contributed by atoms with Gasteiger partial charge in [-0.05, 0) is 25.7 Å². The van der Waals surface area contributed by atoms with Crippen LogP contribution in [0.2, 0.25) is 0 Å². The van der Waals surface area contributed by atoms with Crippen LogP contribution < -0.4 is 10.5 Å². The highest BCUT2D eigenvalue weighted by Gasteiger charge is 2.37. The fraction of sp³-hybridized carbons (Fsp3) is 0.909. The molecule has 1 heterocycles. The van der Waals surface area contributed by atoms with E-state index >= 15 is 0 Å². The van der Waals surface area contributed by atoms with Crippen molar-refractivity contribution in [2.24, 2.45) is 11.7 Å². The topological polar surface area (TPSA) is 130 Å². The van der Waals surface area contributed by atoms with Crippen LogP contribution in [0.5, 0.6) is 0 Å². The molecule has 0 aromatic carbocycles. The summed E-state index contributed by atoms with van der Waals surface area (Å²) >= 11 is 0. The lowest BCUT2D eigenvalue weighted by Gasteiger charge is -2.26. The first-order valence-electron chi connectivity index (χ1n) is 6.77. The minimum Gasteiger partial charge on any atom is -0.387 e. The first-order valence-corrected chi connectivity index (χ1v) is 10.1. The molecule has 1 saturated heterocycles. The zero-order valence-electron chi connectivity index (χ0n) is 11.2. The molecule has 0 aromatic heterocycles. The lowest BCUT2D eigenvalue weighted by molar-refractivity contribution is 0.503. The van der Waals surface area contributed by atoms with E-state index in [1.807, 2.05) is 0 Å². The number of rotatable bonds is 4. The molecule has 1 aliphatic carbocycles. The highest BCUT2D eigenvalue weighted by Crippen LogP contribution is 2.27. The Kier molecular flexibility index (Phi) is 4.41. The predicted molar refractivity (Wildman–Crippen MR) is 76.8 cm³/mol. The molecule has 2 unspecified atom stereocenters.